The molecule has 67 heavy (non-hydrogen) atoms. The van der Waals surface area contributed by atoms with E-state index in [9.17, 15) is 9.59 Å². The fourth-order valence-electron chi connectivity index (χ4n) is 7.44. The Morgan fingerprint density at radius 2 is 1.31 bits per heavy atom. The van der Waals surface area contributed by atoms with Gasteiger partial charge in [-0.3, -0.25) is 14.2 Å². The Morgan fingerprint density at radius 1 is 0.716 bits per heavy atom. The molecule has 8 rings (SSSR count). The van der Waals surface area contributed by atoms with Crippen LogP contribution in [0.2, 0.25) is 0 Å². The van der Waals surface area contributed by atoms with Crippen LogP contribution in [0.25, 0.3) is 22.3 Å². The van der Waals surface area contributed by atoms with Gasteiger partial charge in [-0.2, -0.15) is 20.8 Å². The normalized spacial score (nSPS) is 15.5. The average molecular weight is 925 g/mol. The second-order valence-electron chi connectivity index (χ2n) is 15.8. The first kappa shape index (κ1) is 51.3. The van der Waals surface area contributed by atoms with E-state index >= 15 is 0 Å². The van der Waals surface area contributed by atoms with E-state index in [4.69, 9.17) is 29.8 Å². The molecule has 0 spiro atoms. The highest BCUT2D eigenvalue weighted by atomic mass is 16.7. The molecule has 2 aromatic carbocycles. The van der Waals surface area contributed by atoms with Crippen molar-refractivity contribution in [2.24, 2.45) is 5.90 Å². The van der Waals surface area contributed by atoms with Crippen molar-refractivity contribution in [1.82, 2.24) is 39.5 Å². The molecule has 6 heterocycles. The summed E-state index contributed by atoms with van der Waals surface area (Å²) < 4.78 is 25.1. The van der Waals surface area contributed by atoms with Gasteiger partial charge in [0, 0.05) is 37.4 Å². The molecule has 2 aliphatic heterocycles. The molecular weight excluding hydrogens is 861 g/mol. The second kappa shape index (κ2) is 28.4. The molecule has 2 fully saturated rings. The summed E-state index contributed by atoms with van der Waals surface area (Å²) in [6.45, 7) is 2.80. The van der Waals surface area contributed by atoms with Crippen LogP contribution in [-0.4, -0.2) is 83.7 Å². The van der Waals surface area contributed by atoms with Crippen molar-refractivity contribution in [3.8, 4) is 11.5 Å². The van der Waals surface area contributed by atoms with Gasteiger partial charge in [0.25, 0.3) is 0 Å². The van der Waals surface area contributed by atoms with Gasteiger partial charge in [0.15, 0.2) is 17.1 Å². The number of Topliss-reactive ketones (excluding diaryl/α,β-unsaturated/α-hetero) is 1. The zero-order valence-electron chi connectivity index (χ0n) is 37.2. The summed E-state index contributed by atoms with van der Waals surface area (Å²) in [6, 6.07) is 15.4. The van der Waals surface area contributed by atoms with Crippen LogP contribution >= 0.6 is 0 Å². The summed E-state index contributed by atoms with van der Waals surface area (Å²) >= 11 is 0. The minimum Gasteiger partial charge on any atom is -0.494 e. The maximum Gasteiger partial charge on any atom is 0.324 e. The number of unbranched alkanes of at least 4 members (excludes halogenated alkanes) is 6. The van der Waals surface area contributed by atoms with Crippen LogP contribution in [0.5, 0.6) is 11.5 Å². The second-order valence-corrected chi connectivity index (χ2v) is 15.8. The third-order valence-electron chi connectivity index (χ3n) is 11.0. The molecule has 2 atom stereocenters. The lowest BCUT2D eigenvalue weighted by molar-refractivity contribution is -0.144. The highest BCUT2D eigenvalue weighted by Crippen LogP contribution is 2.27. The minimum atomic E-state index is -0.366. The number of rotatable bonds is 22. The number of ketones is 1. The van der Waals surface area contributed by atoms with Crippen molar-refractivity contribution in [2.45, 2.75) is 122 Å². The maximum absolute atomic E-state index is 12.2. The van der Waals surface area contributed by atoms with Crippen LogP contribution in [0, 0.1) is 10.5 Å². The third kappa shape index (κ3) is 16.6. The number of aromatic amines is 1. The molecule has 6 aromatic rings. The molecule has 360 valence electrons. The van der Waals surface area contributed by atoms with E-state index in [2.05, 4.69) is 56.0 Å². The molecular formula is C47H64N12O8. The molecule has 0 bridgehead atoms. The number of H-pyrrole nitrogens is 1. The van der Waals surface area contributed by atoms with Crippen LogP contribution in [0.4, 0.5) is 23.3 Å². The van der Waals surface area contributed by atoms with E-state index in [1.807, 2.05) is 53.1 Å². The number of fused-ring (bicyclic) bond motifs is 2. The number of hydrogen-bond donors (Lipinski definition) is 5. The van der Waals surface area contributed by atoms with Gasteiger partial charge in [0.05, 0.1) is 38.3 Å². The summed E-state index contributed by atoms with van der Waals surface area (Å²) in [4.78, 5) is 63.8. The molecule has 2 aliphatic rings. The number of hydrogen-bond acceptors (Lipinski definition) is 18. The number of carbonyl (C=O) groups is 2. The minimum absolute atomic E-state index is 0. The lowest BCUT2D eigenvalue weighted by Crippen LogP contribution is -2.27. The molecule has 6 N–H and O–H groups in total. The van der Waals surface area contributed by atoms with Gasteiger partial charge in [-0.05, 0) is 113 Å². The predicted molar refractivity (Wildman–Crippen MR) is 254 cm³/mol. The Labute approximate surface area is 390 Å². The van der Waals surface area contributed by atoms with Crippen LogP contribution in [0.15, 0.2) is 73.6 Å². The molecule has 20 heteroatoms. The van der Waals surface area contributed by atoms with Gasteiger partial charge in [0.1, 0.15) is 34.9 Å². The van der Waals surface area contributed by atoms with Crippen molar-refractivity contribution in [1.29, 1.82) is 5.59 Å². The van der Waals surface area contributed by atoms with Crippen LogP contribution in [-0.2, 0) is 23.9 Å². The van der Waals surface area contributed by atoms with E-state index in [1.54, 1.807) is 25.0 Å². The number of nitroso groups, excluding NO2 is 1. The number of imidazole rings is 2. The Kier molecular flexibility index (Phi) is 21.8. The monoisotopic (exact) mass is 924 g/mol. The number of nitrogens with two attached hydrogens (primary N) is 1. The molecule has 0 amide bonds. The predicted octanol–water partition coefficient (Wildman–Crippen LogP) is 9.55. The van der Waals surface area contributed by atoms with Crippen LogP contribution in [0.1, 0.15) is 116 Å². The van der Waals surface area contributed by atoms with E-state index in [1.165, 1.54) is 0 Å². The Morgan fingerprint density at radius 3 is 1.93 bits per heavy atom. The highest BCUT2D eigenvalue weighted by Gasteiger charge is 2.21. The molecule has 4 aromatic heterocycles. The standard InChI is InChI=1S/C28H37N5O4.C18H22N6O3.CH4.HNO/c34-24(25-10-4-7-17-36-25)9-3-1-2-6-16-35-22-14-12-21(13-15-22)31-28-29-19-23-27(32-28)33(20-30-23)26-11-5-8-18-37-26;19-27-16(25)5-3-1-2-4-10-26-14-8-6-13(7-9-14)23-18-20-11-15-17(24-18)22-12-21-15;;1-2/h12-15,19-20,25-26H,1-11,16-18H2,(H,29,31,32);6-9,11-12H,1-5,10,19H2,(H2,20,21,22,23,24);1H4;1H. The topological polar surface area (TPSA) is 269 Å². The fraction of sp³-hybridized carbons (Fsp3) is 0.489. The zero-order valence-corrected chi connectivity index (χ0v) is 37.2. The van der Waals surface area contributed by atoms with E-state index in [0.717, 1.165) is 143 Å². The van der Waals surface area contributed by atoms with Gasteiger partial charge in [0.2, 0.25) is 11.9 Å². The molecule has 0 radical (unpaired) electrons. The lowest BCUT2D eigenvalue weighted by atomic mass is 10.0. The van der Waals surface area contributed by atoms with Crippen molar-refractivity contribution in [3.05, 3.63) is 78.5 Å². The van der Waals surface area contributed by atoms with Crippen molar-refractivity contribution in [3.63, 3.8) is 0 Å². The van der Waals surface area contributed by atoms with Crippen LogP contribution in [0.3, 0.4) is 0 Å². The number of aromatic nitrogens is 8. The maximum atomic E-state index is 12.2. The Balaban J connectivity index is 0.000000249. The molecule has 0 saturated carbocycles. The summed E-state index contributed by atoms with van der Waals surface area (Å²) in [5, 5.41) is 6.41. The van der Waals surface area contributed by atoms with Crippen LogP contribution < -0.4 is 26.0 Å². The highest BCUT2D eigenvalue weighted by molar-refractivity contribution is 5.83. The Hall–Kier alpha value is -6.64. The van der Waals surface area contributed by atoms with Crippen molar-refractivity contribution >= 4 is 57.4 Å². The number of nitrogens with zero attached hydrogens (tertiary/aromatic N) is 7. The Bertz CT molecular complexity index is 2350. The summed E-state index contributed by atoms with van der Waals surface area (Å²) in [7, 11) is 0. The van der Waals surface area contributed by atoms with Gasteiger partial charge >= 0.3 is 5.97 Å². The molecule has 20 nitrogen and oxygen atoms in total. The first-order valence-corrected chi connectivity index (χ1v) is 22.7. The lowest BCUT2D eigenvalue weighted by Gasteiger charge is -2.23. The number of carbonyl (C=O) groups excluding carboxylic acids is 2. The summed E-state index contributed by atoms with van der Waals surface area (Å²) in [5.41, 5.74) is 9.20. The molecule has 2 unspecified atom stereocenters. The number of ether oxygens (including phenoxy) is 4. The van der Waals surface area contributed by atoms with E-state index in [0.29, 0.717) is 43.6 Å². The van der Waals surface area contributed by atoms with E-state index < -0.39 is 0 Å². The largest absolute Gasteiger partial charge is 0.494 e. The third-order valence-corrected chi connectivity index (χ3v) is 11.0. The van der Waals surface area contributed by atoms with E-state index in [-0.39, 0.29) is 31.5 Å². The first-order valence-electron chi connectivity index (χ1n) is 22.7. The molecule has 2 saturated heterocycles. The number of benzene rings is 2. The molecule has 0 aliphatic carbocycles. The average Bonchev–Trinajstić information content (AvgIpc) is 4.03. The number of nitrogens with one attached hydrogen (secondary N) is 4. The fourth-order valence-corrected chi connectivity index (χ4v) is 7.44. The summed E-state index contributed by atoms with van der Waals surface area (Å²) in [6.07, 6.45) is 21.6. The van der Waals surface area contributed by atoms with Gasteiger partial charge in [-0.15, -0.1) is 0 Å². The smallest absolute Gasteiger partial charge is 0.324 e. The number of anilines is 4. The van der Waals surface area contributed by atoms with Crippen molar-refractivity contribution in [2.75, 3.05) is 37.1 Å². The van der Waals surface area contributed by atoms with Gasteiger partial charge in [-0.1, -0.05) is 38.7 Å². The van der Waals surface area contributed by atoms with Crippen molar-refractivity contribution < 1.29 is 33.4 Å². The SMILES string of the molecule is C.N=O.NOC(=O)CCCCCCOc1ccc(Nc2ncc3[nH]cnc3n2)cc1.O=C(CCCCCCOc1ccc(Nc2ncc3ncn(C4CCCCO4)c3n2)cc1)C1CCCCO1. The van der Waals surface area contributed by atoms with Gasteiger partial charge in [-0.25, -0.2) is 19.9 Å². The first-order chi connectivity index (χ1) is 32.5. The zero-order chi connectivity index (χ0) is 46.2. The quantitative estimate of drug-likeness (QED) is 0.0241. The summed E-state index contributed by atoms with van der Waals surface area (Å²) in [5.74, 6) is 7.34. The van der Waals surface area contributed by atoms with Gasteiger partial charge < -0.3 is 39.4 Å².